The number of carbonyl (C=O) groups excluding carboxylic acids is 2. The van der Waals surface area contributed by atoms with Gasteiger partial charge in [-0.2, -0.15) is 5.10 Å². The van der Waals surface area contributed by atoms with Crippen LogP contribution in [0.5, 0.6) is 0 Å². The van der Waals surface area contributed by atoms with Crippen molar-refractivity contribution in [3.8, 4) is 11.3 Å². The molecule has 4 rings (SSSR count). The number of rotatable bonds is 7. The number of nitrogens with one attached hydrogen (secondary N) is 2. The highest BCUT2D eigenvalue weighted by molar-refractivity contribution is 6.07. The quantitative estimate of drug-likeness (QED) is 0.554. The van der Waals surface area contributed by atoms with Crippen molar-refractivity contribution in [2.45, 2.75) is 32.7 Å². The van der Waals surface area contributed by atoms with Crippen molar-refractivity contribution in [1.82, 2.24) is 15.1 Å². The number of carbonyl (C=O) groups is 2. The van der Waals surface area contributed by atoms with Crippen molar-refractivity contribution >= 4 is 17.5 Å². The van der Waals surface area contributed by atoms with Gasteiger partial charge >= 0.3 is 0 Å². The lowest BCUT2D eigenvalue weighted by molar-refractivity contribution is -0.121. The Labute approximate surface area is 197 Å². The molecule has 2 N–H and O–H groups in total. The molecule has 0 saturated heterocycles. The molecule has 1 atom stereocenters. The SMILES string of the molecule is COCCn1nc(-c2ccc(C)c(NC(=O)C3=CNC(=O)CC3c3ccc(F)cc3)c2)cc1C. The Hall–Kier alpha value is -3.78. The molecule has 1 aliphatic rings. The number of aryl methyl sites for hydroxylation is 2. The molecule has 0 aliphatic carbocycles. The molecule has 0 bridgehead atoms. The number of hydrogen-bond donors (Lipinski definition) is 2. The fourth-order valence-electron chi connectivity index (χ4n) is 4.00. The smallest absolute Gasteiger partial charge is 0.253 e. The van der Waals surface area contributed by atoms with Gasteiger partial charge in [-0.15, -0.1) is 0 Å². The number of methoxy groups -OCH3 is 1. The van der Waals surface area contributed by atoms with E-state index in [-0.39, 0.29) is 24.1 Å². The van der Waals surface area contributed by atoms with Gasteiger partial charge in [0.2, 0.25) is 5.91 Å². The first-order chi connectivity index (χ1) is 16.4. The second-order valence-electron chi connectivity index (χ2n) is 8.35. The Morgan fingerprint density at radius 2 is 1.97 bits per heavy atom. The van der Waals surface area contributed by atoms with Crippen LogP contribution in [0.2, 0.25) is 0 Å². The third kappa shape index (κ3) is 5.07. The number of anilines is 1. The summed E-state index contributed by atoms with van der Waals surface area (Å²) in [6, 6.07) is 13.7. The predicted molar refractivity (Wildman–Crippen MR) is 128 cm³/mol. The minimum atomic E-state index is -0.461. The summed E-state index contributed by atoms with van der Waals surface area (Å²) in [6.07, 6.45) is 1.55. The van der Waals surface area contributed by atoms with Crippen LogP contribution in [0.25, 0.3) is 11.3 Å². The molecule has 7 nitrogen and oxygen atoms in total. The largest absolute Gasteiger partial charge is 0.383 e. The van der Waals surface area contributed by atoms with Gasteiger partial charge in [-0.05, 0) is 49.2 Å². The molecule has 0 saturated carbocycles. The standard InChI is InChI=1S/C26H27FN4O3/c1-16-4-5-19(24-12-17(2)31(30-24)10-11-34-3)13-23(16)29-26(33)22-15-28-25(32)14-21(22)18-6-8-20(27)9-7-18/h4-9,12-13,15,21H,10-11,14H2,1-3H3,(H,28,32)(H,29,33). The summed E-state index contributed by atoms with van der Waals surface area (Å²) in [6.45, 7) is 5.12. The molecule has 1 unspecified atom stereocenters. The van der Waals surface area contributed by atoms with Crippen LogP contribution >= 0.6 is 0 Å². The summed E-state index contributed by atoms with van der Waals surface area (Å²) in [5, 5.41) is 10.3. The predicted octanol–water partition coefficient (Wildman–Crippen LogP) is 4.08. The number of ether oxygens (including phenoxy) is 1. The van der Waals surface area contributed by atoms with Gasteiger partial charge in [0.1, 0.15) is 5.82 Å². The molecule has 2 aromatic carbocycles. The molecule has 2 heterocycles. The zero-order valence-electron chi connectivity index (χ0n) is 19.4. The van der Waals surface area contributed by atoms with E-state index >= 15 is 0 Å². The van der Waals surface area contributed by atoms with Crippen molar-refractivity contribution < 1.29 is 18.7 Å². The van der Waals surface area contributed by atoms with E-state index in [1.54, 1.807) is 19.2 Å². The van der Waals surface area contributed by atoms with E-state index in [9.17, 15) is 14.0 Å². The number of nitrogens with zero attached hydrogens (tertiary/aromatic N) is 2. The van der Waals surface area contributed by atoms with Gasteiger partial charge in [-0.1, -0.05) is 24.3 Å². The Balaban J connectivity index is 1.59. The van der Waals surface area contributed by atoms with Crippen molar-refractivity contribution in [2.24, 2.45) is 0 Å². The first-order valence-corrected chi connectivity index (χ1v) is 11.1. The first-order valence-electron chi connectivity index (χ1n) is 11.1. The molecule has 0 fully saturated rings. The Kier molecular flexibility index (Phi) is 6.88. The molecule has 1 aliphatic heterocycles. The lowest BCUT2D eigenvalue weighted by Crippen LogP contribution is -2.32. The van der Waals surface area contributed by atoms with Gasteiger partial charge < -0.3 is 15.4 Å². The monoisotopic (exact) mass is 462 g/mol. The molecule has 176 valence electrons. The summed E-state index contributed by atoms with van der Waals surface area (Å²) in [5.41, 5.74) is 5.37. The average molecular weight is 463 g/mol. The van der Waals surface area contributed by atoms with Gasteiger partial charge in [-0.25, -0.2) is 4.39 Å². The lowest BCUT2D eigenvalue weighted by Gasteiger charge is -2.24. The highest BCUT2D eigenvalue weighted by Gasteiger charge is 2.29. The van der Waals surface area contributed by atoms with E-state index in [1.165, 1.54) is 18.3 Å². The fraction of sp³-hybridized carbons (Fsp3) is 0.269. The third-order valence-corrected chi connectivity index (χ3v) is 5.96. The topological polar surface area (TPSA) is 85.2 Å². The van der Waals surface area contributed by atoms with E-state index in [0.29, 0.717) is 30.0 Å². The summed E-state index contributed by atoms with van der Waals surface area (Å²) in [5.74, 6) is -1.34. The zero-order valence-corrected chi connectivity index (χ0v) is 19.4. The normalized spacial score (nSPS) is 15.6. The molecule has 2 amide bonds. The summed E-state index contributed by atoms with van der Waals surface area (Å²) in [4.78, 5) is 25.3. The highest BCUT2D eigenvalue weighted by Crippen LogP contribution is 2.32. The lowest BCUT2D eigenvalue weighted by atomic mass is 9.86. The molecule has 0 radical (unpaired) electrons. The number of benzene rings is 2. The maximum atomic E-state index is 13.4. The number of amides is 2. The summed E-state index contributed by atoms with van der Waals surface area (Å²) >= 11 is 0. The van der Waals surface area contributed by atoms with E-state index in [0.717, 1.165) is 22.5 Å². The maximum Gasteiger partial charge on any atom is 0.253 e. The molecular weight excluding hydrogens is 435 g/mol. The number of halogens is 1. The van der Waals surface area contributed by atoms with Gasteiger partial charge in [0, 0.05) is 48.2 Å². The average Bonchev–Trinajstić information content (AvgIpc) is 3.19. The molecule has 3 aromatic rings. The van der Waals surface area contributed by atoms with Crippen LogP contribution in [0.15, 0.2) is 60.3 Å². The van der Waals surface area contributed by atoms with Crippen LogP contribution in [-0.4, -0.2) is 35.3 Å². The van der Waals surface area contributed by atoms with Crippen LogP contribution in [0, 0.1) is 19.7 Å². The molecular formula is C26H27FN4O3. The van der Waals surface area contributed by atoms with Crippen molar-refractivity contribution in [1.29, 1.82) is 0 Å². The van der Waals surface area contributed by atoms with Crippen LogP contribution < -0.4 is 10.6 Å². The van der Waals surface area contributed by atoms with Gasteiger partial charge in [0.25, 0.3) is 5.91 Å². The minimum Gasteiger partial charge on any atom is -0.383 e. The Morgan fingerprint density at radius 1 is 1.21 bits per heavy atom. The number of hydrogen-bond acceptors (Lipinski definition) is 4. The molecule has 1 aromatic heterocycles. The van der Waals surface area contributed by atoms with Gasteiger partial charge in [0.15, 0.2) is 0 Å². The molecule has 8 heteroatoms. The van der Waals surface area contributed by atoms with Crippen LogP contribution in [-0.2, 0) is 20.9 Å². The van der Waals surface area contributed by atoms with Crippen molar-refractivity contribution in [2.75, 3.05) is 19.0 Å². The minimum absolute atomic E-state index is 0.113. The fourth-order valence-corrected chi connectivity index (χ4v) is 4.00. The highest BCUT2D eigenvalue weighted by atomic mass is 19.1. The van der Waals surface area contributed by atoms with Gasteiger partial charge in [-0.3, -0.25) is 14.3 Å². The van der Waals surface area contributed by atoms with Crippen molar-refractivity contribution in [3.63, 3.8) is 0 Å². The first kappa shape index (κ1) is 23.4. The van der Waals surface area contributed by atoms with E-state index < -0.39 is 5.92 Å². The maximum absolute atomic E-state index is 13.4. The zero-order chi connectivity index (χ0) is 24.2. The second-order valence-corrected chi connectivity index (χ2v) is 8.35. The van der Waals surface area contributed by atoms with Crippen LogP contribution in [0.1, 0.15) is 29.2 Å². The van der Waals surface area contributed by atoms with Gasteiger partial charge in [0.05, 0.1) is 18.8 Å². The Morgan fingerprint density at radius 3 is 2.71 bits per heavy atom. The molecule has 34 heavy (non-hydrogen) atoms. The number of aromatic nitrogens is 2. The summed E-state index contributed by atoms with van der Waals surface area (Å²) < 4.78 is 20.4. The van der Waals surface area contributed by atoms with Crippen LogP contribution in [0.3, 0.4) is 0 Å². The Bertz CT molecular complexity index is 1250. The summed E-state index contributed by atoms with van der Waals surface area (Å²) in [7, 11) is 1.66. The van der Waals surface area contributed by atoms with E-state index in [1.807, 2.05) is 42.8 Å². The van der Waals surface area contributed by atoms with E-state index in [2.05, 4.69) is 15.7 Å². The second kappa shape index (κ2) is 10.0. The van der Waals surface area contributed by atoms with Crippen LogP contribution in [0.4, 0.5) is 10.1 Å². The molecule has 0 spiro atoms. The van der Waals surface area contributed by atoms with E-state index in [4.69, 9.17) is 4.74 Å². The third-order valence-electron chi connectivity index (χ3n) is 5.96. The van der Waals surface area contributed by atoms with Crippen molar-refractivity contribution in [3.05, 3.63) is 82.9 Å².